The van der Waals surface area contributed by atoms with Gasteiger partial charge in [-0.25, -0.2) is 0 Å². The van der Waals surface area contributed by atoms with Gasteiger partial charge in [0.2, 0.25) is 0 Å². The lowest BCUT2D eigenvalue weighted by atomic mass is 9.93. The molecule has 0 radical (unpaired) electrons. The second-order valence-corrected chi connectivity index (χ2v) is 12.2. The molecule has 0 amide bonds. The molecule has 0 saturated carbocycles. The number of anilines is 3. The van der Waals surface area contributed by atoms with Crippen LogP contribution < -0.4 is 4.90 Å². The highest BCUT2D eigenvalue weighted by Gasteiger charge is 2.19. The first-order valence-electron chi connectivity index (χ1n) is 16.3. The van der Waals surface area contributed by atoms with E-state index in [0.29, 0.717) is 0 Å². The summed E-state index contributed by atoms with van der Waals surface area (Å²) < 4.78 is 6.65. The Kier molecular flexibility index (Phi) is 6.84. The van der Waals surface area contributed by atoms with E-state index in [-0.39, 0.29) is 0 Å². The van der Waals surface area contributed by atoms with Gasteiger partial charge in [-0.1, -0.05) is 140 Å². The molecular formula is C46H31NO. The molecular weight excluding hydrogens is 583 g/mol. The van der Waals surface area contributed by atoms with E-state index in [1.165, 1.54) is 38.8 Å². The summed E-state index contributed by atoms with van der Waals surface area (Å²) in [6.45, 7) is 0. The number of furan rings is 1. The maximum atomic E-state index is 6.65. The lowest BCUT2D eigenvalue weighted by Crippen LogP contribution is -2.10. The number of nitrogens with zero attached hydrogens (tertiary/aromatic N) is 1. The average Bonchev–Trinajstić information content (AvgIpc) is 3.55. The molecule has 0 unspecified atom stereocenters. The van der Waals surface area contributed by atoms with Gasteiger partial charge >= 0.3 is 0 Å². The van der Waals surface area contributed by atoms with E-state index in [0.717, 1.165) is 44.4 Å². The number of hydrogen-bond donors (Lipinski definition) is 0. The largest absolute Gasteiger partial charge is 0.455 e. The molecule has 48 heavy (non-hydrogen) atoms. The van der Waals surface area contributed by atoms with Crippen LogP contribution in [0.15, 0.2) is 192 Å². The second kappa shape index (κ2) is 11.8. The van der Waals surface area contributed by atoms with Crippen LogP contribution in [0.3, 0.4) is 0 Å². The number of rotatable bonds is 6. The Labute approximate surface area is 279 Å². The van der Waals surface area contributed by atoms with Gasteiger partial charge in [-0.3, -0.25) is 0 Å². The van der Waals surface area contributed by atoms with E-state index in [9.17, 15) is 0 Å². The molecule has 0 fully saturated rings. The normalized spacial score (nSPS) is 11.3. The molecule has 0 spiro atoms. The first-order valence-corrected chi connectivity index (χ1v) is 16.3. The fraction of sp³-hybridized carbons (Fsp3) is 0. The Morgan fingerprint density at radius 3 is 1.60 bits per heavy atom. The van der Waals surface area contributed by atoms with Crippen molar-refractivity contribution >= 4 is 49.8 Å². The van der Waals surface area contributed by atoms with Crippen molar-refractivity contribution in [1.82, 2.24) is 0 Å². The van der Waals surface area contributed by atoms with E-state index in [4.69, 9.17) is 4.42 Å². The Hall–Kier alpha value is -6.38. The fourth-order valence-electron chi connectivity index (χ4n) is 6.91. The highest BCUT2D eigenvalue weighted by atomic mass is 16.3. The Bertz CT molecular complexity index is 2530. The van der Waals surface area contributed by atoms with E-state index in [1.54, 1.807) is 0 Å². The maximum absolute atomic E-state index is 6.65. The first-order chi connectivity index (χ1) is 23.8. The molecule has 8 aromatic carbocycles. The summed E-state index contributed by atoms with van der Waals surface area (Å²) in [5.74, 6) is 0. The van der Waals surface area contributed by atoms with Crippen molar-refractivity contribution < 1.29 is 4.42 Å². The summed E-state index contributed by atoms with van der Waals surface area (Å²) in [6.07, 6.45) is 0. The predicted octanol–water partition coefficient (Wildman–Crippen LogP) is 13.2. The van der Waals surface area contributed by atoms with Crippen LogP contribution in [0, 0.1) is 0 Å². The Balaban J connectivity index is 1.24. The van der Waals surface area contributed by atoms with Crippen LogP contribution in [0.2, 0.25) is 0 Å². The van der Waals surface area contributed by atoms with Gasteiger partial charge < -0.3 is 9.32 Å². The van der Waals surface area contributed by atoms with Crippen molar-refractivity contribution in [3.05, 3.63) is 188 Å². The van der Waals surface area contributed by atoms with Gasteiger partial charge in [-0.2, -0.15) is 0 Å². The zero-order valence-electron chi connectivity index (χ0n) is 26.3. The molecule has 226 valence electrons. The summed E-state index contributed by atoms with van der Waals surface area (Å²) in [7, 11) is 0. The van der Waals surface area contributed by atoms with E-state index < -0.39 is 0 Å². The van der Waals surface area contributed by atoms with E-state index in [1.807, 2.05) is 0 Å². The lowest BCUT2D eigenvalue weighted by Gasteiger charge is -2.27. The van der Waals surface area contributed by atoms with Gasteiger partial charge in [0, 0.05) is 39.3 Å². The third-order valence-corrected chi connectivity index (χ3v) is 9.27. The molecule has 1 aromatic heterocycles. The maximum Gasteiger partial charge on any atom is 0.143 e. The van der Waals surface area contributed by atoms with Gasteiger partial charge in [0.1, 0.15) is 11.2 Å². The second-order valence-electron chi connectivity index (χ2n) is 12.2. The van der Waals surface area contributed by atoms with Crippen LogP contribution in [-0.4, -0.2) is 0 Å². The summed E-state index contributed by atoms with van der Waals surface area (Å²) in [4.78, 5) is 2.33. The number of fused-ring (bicyclic) bond motifs is 5. The zero-order chi connectivity index (χ0) is 31.9. The van der Waals surface area contributed by atoms with Crippen LogP contribution in [0.25, 0.3) is 66.1 Å². The Morgan fingerprint density at radius 2 is 0.875 bits per heavy atom. The van der Waals surface area contributed by atoms with Crippen LogP contribution in [0.1, 0.15) is 0 Å². The molecule has 0 bridgehead atoms. The van der Waals surface area contributed by atoms with Crippen molar-refractivity contribution in [2.24, 2.45) is 0 Å². The van der Waals surface area contributed by atoms with Crippen molar-refractivity contribution in [2.45, 2.75) is 0 Å². The van der Waals surface area contributed by atoms with Gasteiger partial charge in [0.05, 0.1) is 0 Å². The van der Waals surface area contributed by atoms with Crippen molar-refractivity contribution in [3.63, 3.8) is 0 Å². The molecule has 1 heterocycles. The fourth-order valence-corrected chi connectivity index (χ4v) is 6.91. The standard InChI is InChI=1S/C46H31NO/c1-4-12-32(13-5-1)33-20-23-37(24-21-33)47(38-25-28-40(34-14-6-2-7-15-34)44(30-38)35-16-8-3-9-17-35)39-26-29-42-43-27-22-36-18-10-11-19-41(36)46(43)48-45(42)31-39/h1-31H. The van der Waals surface area contributed by atoms with Crippen LogP contribution in [-0.2, 0) is 0 Å². The highest BCUT2D eigenvalue weighted by Crippen LogP contribution is 2.43. The topological polar surface area (TPSA) is 16.4 Å². The van der Waals surface area contributed by atoms with Crippen molar-refractivity contribution in [1.29, 1.82) is 0 Å². The first kappa shape index (κ1) is 27.9. The van der Waals surface area contributed by atoms with Crippen LogP contribution in [0.5, 0.6) is 0 Å². The van der Waals surface area contributed by atoms with Crippen LogP contribution in [0.4, 0.5) is 17.1 Å². The minimum atomic E-state index is 0.869. The Morgan fingerprint density at radius 1 is 0.333 bits per heavy atom. The molecule has 9 aromatic rings. The van der Waals surface area contributed by atoms with Gasteiger partial charge in [0.25, 0.3) is 0 Å². The zero-order valence-corrected chi connectivity index (χ0v) is 26.3. The predicted molar refractivity (Wildman–Crippen MR) is 202 cm³/mol. The third-order valence-electron chi connectivity index (χ3n) is 9.27. The molecule has 9 rings (SSSR count). The molecule has 0 aliphatic carbocycles. The van der Waals surface area contributed by atoms with E-state index >= 15 is 0 Å². The highest BCUT2D eigenvalue weighted by molar-refractivity contribution is 6.15. The monoisotopic (exact) mass is 613 g/mol. The summed E-state index contributed by atoms with van der Waals surface area (Å²) in [5.41, 5.74) is 12.1. The average molecular weight is 614 g/mol. The number of hydrogen-bond acceptors (Lipinski definition) is 2. The van der Waals surface area contributed by atoms with Crippen molar-refractivity contribution in [2.75, 3.05) is 4.90 Å². The minimum absolute atomic E-state index is 0.869. The molecule has 0 aliphatic rings. The van der Waals surface area contributed by atoms with Gasteiger partial charge in [-0.15, -0.1) is 0 Å². The molecule has 0 saturated heterocycles. The third kappa shape index (κ3) is 4.92. The van der Waals surface area contributed by atoms with Crippen molar-refractivity contribution in [3.8, 4) is 33.4 Å². The smallest absolute Gasteiger partial charge is 0.143 e. The van der Waals surface area contributed by atoms with Gasteiger partial charge in [0.15, 0.2) is 0 Å². The molecule has 2 nitrogen and oxygen atoms in total. The molecule has 0 atom stereocenters. The number of benzene rings is 8. The lowest BCUT2D eigenvalue weighted by molar-refractivity contribution is 0.672. The van der Waals surface area contributed by atoms with Gasteiger partial charge in [-0.05, 0) is 81.2 Å². The molecule has 0 aliphatic heterocycles. The van der Waals surface area contributed by atoms with E-state index in [2.05, 4.69) is 193 Å². The summed E-state index contributed by atoms with van der Waals surface area (Å²) in [5, 5.41) is 4.55. The minimum Gasteiger partial charge on any atom is -0.455 e. The molecule has 0 N–H and O–H groups in total. The quantitative estimate of drug-likeness (QED) is 0.185. The SMILES string of the molecule is c1ccc(-c2ccc(N(c3ccc(-c4ccccc4)c(-c4ccccc4)c3)c3ccc4c(c3)oc3c5ccccc5ccc43)cc2)cc1. The van der Waals surface area contributed by atoms with Crippen LogP contribution >= 0.6 is 0 Å². The molecule has 2 heteroatoms. The summed E-state index contributed by atoms with van der Waals surface area (Å²) >= 11 is 0. The summed E-state index contributed by atoms with van der Waals surface area (Å²) in [6, 6.07) is 66.9.